The number of aromatic amines is 1. The van der Waals surface area contributed by atoms with E-state index in [1.807, 2.05) is 0 Å². The topological polar surface area (TPSA) is 96.5 Å². The van der Waals surface area contributed by atoms with Crippen molar-refractivity contribution in [1.82, 2.24) is 20.4 Å². The van der Waals surface area contributed by atoms with Crippen LogP contribution in [0.4, 0.5) is 4.79 Å². The molecule has 0 bridgehead atoms. The molecule has 1 aliphatic rings. The average Bonchev–Trinajstić information content (AvgIpc) is 2.99. The van der Waals surface area contributed by atoms with Gasteiger partial charge in [-0.15, -0.1) is 0 Å². The van der Waals surface area contributed by atoms with Crippen molar-refractivity contribution >= 4 is 12.0 Å². The van der Waals surface area contributed by atoms with Gasteiger partial charge in [0.15, 0.2) is 0 Å². The molecular weight excluding hydrogens is 312 g/mol. The van der Waals surface area contributed by atoms with Gasteiger partial charge in [-0.1, -0.05) is 0 Å². The van der Waals surface area contributed by atoms with Crippen LogP contribution < -0.4 is 5.32 Å². The van der Waals surface area contributed by atoms with Gasteiger partial charge < -0.3 is 14.8 Å². The molecule has 134 valence electrons. The summed E-state index contributed by atoms with van der Waals surface area (Å²) >= 11 is 0. The van der Waals surface area contributed by atoms with E-state index in [9.17, 15) is 9.59 Å². The highest BCUT2D eigenvalue weighted by atomic mass is 16.6. The molecule has 0 aliphatic carbocycles. The maximum Gasteiger partial charge on any atom is 0.413 e. The number of nitrogens with zero attached hydrogens (tertiary/aromatic N) is 2. The highest BCUT2D eigenvalue weighted by Crippen LogP contribution is 2.33. The molecule has 1 fully saturated rings. The highest BCUT2D eigenvalue weighted by molar-refractivity contribution is 5.87. The van der Waals surface area contributed by atoms with Crippen molar-refractivity contribution < 1.29 is 19.1 Å². The van der Waals surface area contributed by atoms with Crippen molar-refractivity contribution in [3.63, 3.8) is 0 Å². The minimum Gasteiger partial charge on any atom is -0.444 e. The number of nitrogens with one attached hydrogen (secondary N) is 2. The van der Waals surface area contributed by atoms with Gasteiger partial charge in [0, 0.05) is 6.20 Å². The molecule has 8 heteroatoms. The van der Waals surface area contributed by atoms with Gasteiger partial charge >= 0.3 is 6.09 Å². The van der Waals surface area contributed by atoms with E-state index in [-0.39, 0.29) is 5.91 Å². The molecular formula is C16H26N4O4. The van der Waals surface area contributed by atoms with E-state index in [1.165, 1.54) is 4.90 Å². The number of carbonyl (C=O) groups is 2. The van der Waals surface area contributed by atoms with Crippen molar-refractivity contribution in [2.75, 3.05) is 0 Å². The number of hydrogen-bond acceptors (Lipinski definition) is 5. The summed E-state index contributed by atoms with van der Waals surface area (Å²) in [5.41, 5.74) is -0.814. The van der Waals surface area contributed by atoms with E-state index in [4.69, 9.17) is 9.47 Å². The fraction of sp³-hybridized carbons (Fsp3) is 0.688. The molecule has 0 aromatic carbocycles. The Bertz CT molecular complexity index is 592. The Morgan fingerprint density at radius 2 is 2.12 bits per heavy atom. The van der Waals surface area contributed by atoms with Crippen LogP contribution in [0.25, 0.3) is 0 Å². The van der Waals surface area contributed by atoms with Crippen LogP contribution in [0.15, 0.2) is 12.3 Å². The van der Waals surface area contributed by atoms with Crippen molar-refractivity contribution in [3.8, 4) is 0 Å². The van der Waals surface area contributed by atoms with E-state index in [2.05, 4.69) is 15.5 Å². The minimum atomic E-state index is -0.933. The number of H-pyrrole nitrogens is 1. The van der Waals surface area contributed by atoms with Crippen molar-refractivity contribution in [3.05, 3.63) is 18.0 Å². The Kier molecular flexibility index (Phi) is 4.89. The first-order valence-corrected chi connectivity index (χ1v) is 7.97. The molecule has 0 spiro atoms. The predicted octanol–water partition coefficient (Wildman–Crippen LogP) is 1.79. The van der Waals surface area contributed by atoms with Crippen molar-refractivity contribution in [2.24, 2.45) is 0 Å². The van der Waals surface area contributed by atoms with Gasteiger partial charge in [0.1, 0.15) is 17.4 Å². The second kappa shape index (κ2) is 6.43. The van der Waals surface area contributed by atoms with Crippen LogP contribution in [0.2, 0.25) is 0 Å². The lowest BCUT2D eigenvalue weighted by molar-refractivity contribution is -0.127. The number of aromatic nitrogens is 2. The van der Waals surface area contributed by atoms with E-state index < -0.39 is 29.6 Å². The first kappa shape index (κ1) is 18.3. The Morgan fingerprint density at radius 1 is 1.46 bits per heavy atom. The molecule has 1 aromatic rings. The first-order valence-electron chi connectivity index (χ1n) is 7.97. The number of hydrogen-bond donors (Lipinski definition) is 2. The smallest absolute Gasteiger partial charge is 0.413 e. The summed E-state index contributed by atoms with van der Waals surface area (Å²) in [4.78, 5) is 26.6. The van der Waals surface area contributed by atoms with Crippen LogP contribution in [0.5, 0.6) is 0 Å². The molecule has 2 atom stereocenters. The minimum absolute atomic E-state index is 0.296. The third-order valence-corrected chi connectivity index (χ3v) is 3.65. The molecule has 1 aliphatic heterocycles. The molecule has 2 amide bonds. The summed E-state index contributed by atoms with van der Waals surface area (Å²) in [6, 6.07) is 1.00. The molecule has 8 nitrogen and oxygen atoms in total. The predicted molar refractivity (Wildman–Crippen MR) is 86.9 cm³/mol. The number of rotatable bonds is 3. The fourth-order valence-corrected chi connectivity index (χ4v) is 2.77. The van der Waals surface area contributed by atoms with Gasteiger partial charge in [-0.3, -0.25) is 14.8 Å². The Hall–Kier alpha value is -2.09. The molecule has 1 saturated heterocycles. The fourth-order valence-electron chi connectivity index (χ4n) is 2.77. The monoisotopic (exact) mass is 338 g/mol. The number of amides is 2. The zero-order valence-electron chi connectivity index (χ0n) is 15.0. The quantitative estimate of drug-likeness (QED) is 0.876. The van der Waals surface area contributed by atoms with Crippen molar-refractivity contribution in [2.45, 2.75) is 71.6 Å². The standard InChI is InChI=1S/C16H26N4O4/c1-10-12(13(21)17-9-11-7-8-18-19-11)20(16(5,6)23-10)14(22)24-15(2,3)4/h7-8,10,12H,9H2,1-6H3,(H,17,21)(H,18,19). The molecule has 0 radical (unpaired) electrons. The third kappa shape index (κ3) is 4.05. The van der Waals surface area contributed by atoms with Gasteiger partial charge in [-0.25, -0.2) is 4.79 Å². The van der Waals surface area contributed by atoms with Gasteiger partial charge in [0.2, 0.25) is 5.91 Å². The van der Waals surface area contributed by atoms with Gasteiger partial charge in [0.05, 0.1) is 18.3 Å². The van der Waals surface area contributed by atoms with Gasteiger partial charge in [0.25, 0.3) is 0 Å². The number of ether oxygens (including phenoxy) is 2. The van der Waals surface area contributed by atoms with Gasteiger partial charge in [-0.2, -0.15) is 5.10 Å². The highest BCUT2D eigenvalue weighted by Gasteiger charge is 2.52. The molecule has 0 saturated carbocycles. The Labute approximate surface area is 141 Å². The molecule has 2 rings (SSSR count). The largest absolute Gasteiger partial charge is 0.444 e. The van der Waals surface area contributed by atoms with Gasteiger partial charge in [-0.05, 0) is 47.6 Å². The van der Waals surface area contributed by atoms with Crippen molar-refractivity contribution in [1.29, 1.82) is 0 Å². The first-order chi connectivity index (χ1) is 11.0. The van der Waals surface area contributed by atoms with Crippen LogP contribution >= 0.6 is 0 Å². The lowest BCUT2D eigenvalue weighted by Gasteiger charge is -2.34. The van der Waals surface area contributed by atoms with E-state index in [0.29, 0.717) is 6.54 Å². The summed E-state index contributed by atoms with van der Waals surface area (Å²) in [5, 5.41) is 9.41. The molecule has 2 heterocycles. The summed E-state index contributed by atoms with van der Waals surface area (Å²) in [7, 11) is 0. The summed E-state index contributed by atoms with van der Waals surface area (Å²) < 4.78 is 11.3. The van der Waals surface area contributed by atoms with Crippen LogP contribution in [0.3, 0.4) is 0 Å². The maximum atomic E-state index is 12.6. The Balaban J connectivity index is 2.14. The average molecular weight is 338 g/mol. The maximum absolute atomic E-state index is 12.6. The van der Waals surface area contributed by atoms with Crippen LogP contribution in [0, 0.1) is 0 Å². The third-order valence-electron chi connectivity index (χ3n) is 3.65. The van der Waals surface area contributed by atoms with E-state index in [0.717, 1.165) is 5.69 Å². The molecule has 2 unspecified atom stereocenters. The molecule has 2 N–H and O–H groups in total. The lowest BCUT2D eigenvalue weighted by Crippen LogP contribution is -2.55. The molecule has 1 aromatic heterocycles. The second-order valence-electron chi connectivity index (χ2n) is 7.36. The van der Waals surface area contributed by atoms with Crippen LogP contribution in [-0.4, -0.2) is 50.6 Å². The van der Waals surface area contributed by atoms with E-state index >= 15 is 0 Å². The summed E-state index contributed by atoms with van der Waals surface area (Å²) in [6.07, 6.45) is 0.589. The van der Waals surface area contributed by atoms with Crippen LogP contribution in [0.1, 0.15) is 47.2 Å². The zero-order valence-corrected chi connectivity index (χ0v) is 15.0. The normalized spacial score (nSPS) is 23.2. The van der Waals surface area contributed by atoms with Crippen LogP contribution in [-0.2, 0) is 20.8 Å². The zero-order chi connectivity index (χ0) is 18.1. The van der Waals surface area contributed by atoms with E-state index in [1.54, 1.807) is 53.8 Å². The number of carbonyl (C=O) groups excluding carboxylic acids is 2. The lowest BCUT2D eigenvalue weighted by atomic mass is 10.1. The second-order valence-corrected chi connectivity index (χ2v) is 7.36. The summed E-state index contributed by atoms with van der Waals surface area (Å²) in [5.74, 6) is -0.298. The molecule has 24 heavy (non-hydrogen) atoms. The summed E-state index contributed by atoms with van der Waals surface area (Å²) in [6.45, 7) is 10.9. The SMILES string of the molecule is CC1OC(C)(C)N(C(=O)OC(C)(C)C)C1C(=O)NCc1ccn[nH]1. The Morgan fingerprint density at radius 3 is 2.67 bits per heavy atom.